The summed E-state index contributed by atoms with van der Waals surface area (Å²) >= 11 is 6.07. The largest absolute Gasteiger partial charge is 0.493 e. The van der Waals surface area contributed by atoms with Crippen molar-refractivity contribution in [2.75, 3.05) is 27.4 Å². The van der Waals surface area contributed by atoms with Crippen LogP contribution in [-0.2, 0) is 12.8 Å². The van der Waals surface area contributed by atoms with Crippen molar-refractivity contribution in [1.29, 1.82) is 0 Å². The number of rotatable bonds is 7. The van der Waals surface area contributed by atoms with E-state index in [1.165, 1.54) is 11.1 Å². The quantitative estimate of drug-likeness (QED) is 0.760. The summed E-state index contributed by atoms with van der Waals surface area (Å²) < 4.78 is 16.6. The molecular formula is C20H24ClNO3. The van der Waals surface area contributed by atoms with Gasteiger partial charge in [-0.1, -0.05) is 23.7 Å². The average molecular weight is 362 g/mol. The first-order valence-electron chi connectivity index (χ1n) is 8.55. The van der Waals surface area contributed by atoms with Crippen molar-refractivity contribution in [3.63, 3.8) is 0 Å². The van der Waals surface area contributed by atoms with Gasteiger partial charge >= 0.3 is 0 Å². The number of para-hydroxylation sites is 1. The van der Waals surface area contributed by atoms with Gasteiger partial charge in [0, 0.05) is 17.6 Å². The number of halogens is 1. The number of ether oxygens (including phenoxy) is 3. The monoisotopic (exact) mass is 361 g/mol. The van der Waals surface area contributed by atoms with Crippen molar-refractivity contribution in [2.45, 2.75) is 25.3 Å². The van der Waals surface area contributed by atoms with Crippen LogP contribution in [0.1, 0.15) is 17.5 Å². The standard InChI is InChI=1S/C20H24ClNO3/c1-23-18-4-3-5-19(24-2)20(18)25-11-10-22-17-9-7-14-12-16(21)8-6-15(14)13-17/h3-6,8,12,17,22H,7,9-11,13H2,1-2H3. The van der Waals surface area contributed by atoms with Gasteiger partial charge in [-0.2, -0.15) is 0 Å². The highest BCUT2D eigenvalue weighted by molar-refractivity contribution is 6.30. The molecule has 2 aromatic carbocycles. The van der Waals surface area contributed by atoms with E-state index < -0.39 is 0 Å². The molecule has 0 saturated carbocycles. The predicted molar refractivity (Wildman–Crippen MR) is 100 cm³/mol. The molecule has 2 aromatic rings. The summed E-state index contributed by atoms with van der Waals surface area (Å²) in [6, 6.07) is 12.3. The topological polar surface area (TPSA) is 39.7 Å². The predicted octanol–water partition coefficient (Wildman–Crippen LogP) is 3.88. The van der Waals surface area contributed by atoms with Crippen LogP contribution in [-0.4, -0.2) is 33.4 Å². The molecule has 0 aliphatic heterocycles. The number of hydrogen-bond acceptors (Lipinski definition) is 4. The fourth-order valence-electron chi connectivity index (χ4n) is 3.27. The zero-order valence-electron chi connectivity index (χ0n) is 14.7. The van der Waals surface area contributed by atoms with Gasteiger partial charge in [-0.15, -0.1) is 0 Å². The van der Waals surface area contributed by atoms with Gasteiger partial charge in [-0.25, -0.2) is 0 Å². The molecular weight excluding hydrogens is 338 g/mol. The van der Waals surface area contributed by atoms with Crippen LogP contribution < -0.4 is 19.5 Å². The second-order valence-corrected chi connectivity index (χ2v) is 6.58. The maximum absolute atomic E-state index is 6.07. The summed E-state index contributed by atoms with van der Waals surface area (Å²) in [6.45, 7) is 1.33. The van der Waals surface area contributed by atoms with Gasteiger partial charge in [0.25, 0.3) is 0 Å². The van der Waals surface area contributed by atoms with Gasteiger partial charge in [-0.3, -0.25) is 0 Å². The molecule has 1 N–H and O–H groups in total. The number of nitrogens with one attached hydrogen (secondary N) is 1. The summed E-state index contributed by atoms with van der Waals surface area (Å²) in [5, 5.41) is 4.41. The molecule has 1 unspecified atom stereocenters. The normalized spacial score (nSPS) is 16.2. The first kappa shape index (κ1) is 17.9. The highest BCUT2D eigenvalue weighted by Crippen LogP contribution is 2.36. The van der Waals surface area contributed by atoms with Gasteiger partial charge in [0.1, 0.15) is 6.61 Å². The SMILES string of the molecule is COc1cccc(OC)c1OCCNC1CCc2cc(Cl)ccc2C1. The molecule has 134 valence electrons. The van der Waals surface area contributed by atoms with E-state index >= 15 is 0 Å². The lowest BCUT2D eigenvalue weighted by molar-refractivity contribution is 0.266. The minimum atomic E-state index is 0.469. The summed E-state index contributed by atoms with van der Waals surface area (Å²) in [6.07, 6.45) is 3.21. The third kappa shape index (κ3) is 4.39. The fraction of sp³-hybridized carbons (Fsp3) is 0.400. The molecule has 0 spiro atoms. The van der Waals surface area contributed by atoms with Crippen molar-refractivity contribution in [1.82, 2.24) is 5.32 Å². The summed E-state index contributed by atoms with van der Waals surface area (Å²) in [4.78, 5) is 0. The fourth-order valence-corrected chi connectivity index (χ4v) is 3.47. The van der Waals surface area contributed by atoms with E-state index in [2.05, 4.69) is 17.4 Å². The number of hydrogen-bond donors (Lipinski definition) is 1. The van der Waals surface area contributed by atoms with E-state index in [0.29, 0.717) is 29.9 Å². The highest BCUT2D eigenvalue weighted by atomic mass is 35.5. The average Bonchev–Trinajstić information content (AvgIpc) is 2.65. The molecule has 0 aromatic heterocycles. The maximum Gasteiger partial charge on any atom is 0.203 e. The van der Waals surface area contributed by atoms with Crippen LogP contribution in [0.4, 0.5) is 0 Å². The van der Waals surface area contributed by atoms with Crippen LogP contribution in [0.3, 0.4) is 0 Å². The molecule has 1 aliphatic rings. The van der Waals surface area contributed by atoms with Crippen molar-refractivity contribution < 1.29 is 14.2 Å². The van der Waals surface area contributed by atoms with E-state index in [0.717, 1.165) is 30.8 Å². The Hall–Kier alpha value is -1.91. The van der Waals surface area contributed by atoms with Crippen molar-refractivity contribution in [2.24, 2.45) is 0 Å². The lowest BCUT2D eigenvalue weighted by atomic mass is 9.88. The van der Waals surface area contributed by atoms with Gasteiger partial charge in [0.15, 0.2) is 11.5 Å². The Morgan fingerprint density at radius 2 is 1.84 bits per heavy atom. The summed E-state index contributed by atoms with van der Waals surface area (Å²) in [5.41, 5.74) is 2.76. The molecule has 25 heavy (non-hydrogen) atoms. The van der Waals surface area contributed by atoms with E-state index in [-0.39, 0.29) is 0 Å². The molecule has 0 fully saturated rings. The van der Waals surface area contributed by atoms with E-state index in [4.69, 9.17) is 25.8 Å². The Bertz CT molecular complexity index is 698. The molecule has 0 bridgehead atoms. The Morgan fingerprint density at radius 1 is 1.08 bits per heavy atom. The van der Waals surface area contributed by atoms with Gasteiger partial charge < -0.3 is 19.5 Å². The molecule has 4 nitrogen and oxygen atoms in total. The number of benzene rings is 2. The molecule has 0 heterocycles. The van der Waals surface area contributed by atoms with E-state index in [9.17, 15) is 0 Å². The first-order chi connectivity index (χ1) is 12.2. The molecule has 3 rings (SSSR count). The number of aryl methyl sites for hydroxylation is 1. The second-order valence-electron chi connectivity index (χ2n) is 6.15. The lowest BCUT2D eigenvalue weighted by Gasteiger charge is -2.26. The van der Waals surface area contributed by atoms with Gasteiger partial charge in [-0.05, 0) is 54.7 Å². The van der Waals surface area contributed by atoms with Crippen molar-refractivity contribution in [3.05, 3.63) is 52.5 Å². The van der Waals surface area contributed by atoms with Crippen LogP contribution in [0.2, 0.25) is 5.02 Å². The molecule has 1 atom stereocenters. The Labute approximate surface area is 154 Å². The molecule has 0 amide bonds. The summed E-state index contributed by atoms with van der Waals surface area (Å²) in [5.74, 6) is 2.02. The second kappa shape index (κ2) is 8.45. The first-order valence-corrected chi connectivity index (χ1v) is 8.93. The van der Waals surface area contributed by atoms with E-state index in [1.807, 2.05) is 24.3 Å². The number of methoxy groups -OCH3 is 2. The Morgan fingerprint density at radius 3 is 2.56 bits per heavy atom. The van der Waals surface area contributed by atoms with Gasteiger partial charge in [0.2, 0.25) is 5.75 Å². The van der Waals surface area contributed by atoms with Crippen molar-refractivity contribution in [3.8, 4) is 17.2 Å². The Balaban J connectivity index is 1.51. The van der Waals surface area contributed by atoms with Crippen molar-refractivity contribution >= 4 is 11.6 Å². The third-order valence-corrected chi connectivity index (χ3v) is 4.80. The maximum atomic E-state index is 6.07. The zero-order chi connectivity index (χ0) is 17.6. The minimum absolute atomic E-state index is 0.469. The van der Waals surface area contributed by atoms with Crippen LogP contribution in [0.5, 0.6) is 17.2 Å². The highest BCUT2D eigenvalue weighted by Gasteiger charge is 2.18. The smallest absolute Gasteiger partial charge is 0.203 e. The Kier molecular flexibility index (Phi) is 6.05. The molecule has 5 heteroatoms. The van der Waals surface area contributed by atoms with Crippen LogP contribution >= 0.6 is 11.6 Å². The van der Waals surface area contributed by atoms with Gasteiger partial charge in [0.05, 0.1) is 14.2 Å². The molecule has 1 aliphatic carbocycles. The van der Waals surface area contributed by atoms with E-state index in [1.54, 1.807) is 14.2 Å². The van der Waals surface area contributed by atoms with Crippen LogP contribution in [0.25, 0.3) is 0 Å². The molecule has 0 saturated heterocycles. The minimum Gasteiger partial charge on any atom is -0.493 e. The zero-order valence-corrected chi connectivity index (χ0v) is 15.4. The van der Waals surface area contributed by atoms with Crippen LogP contribution in [0, 0.1) is 0 Å². The third-order valence-electron chi connectivity index (χ3n) is 4.56. The summed E-state index contributed by atoms with van der Waals surface area (Å²) in [7, 11) is 3.26. The lowest BCUT2D eigenvalue weighted by Crippen LogP contribution is -2.37. The number of fused-ring (bicyclic) bond motifs is 1. The van der Waals surface area contributed by atoms with Crippen LogP contribution in [0.15, 0.2) is 36.4 Å². The molecule has 0 radical (unpaired) electrons.